The van der Waals surface area contributed by atoms with Crippen LogP contribution in [0.5, 0.6) is 0 Å². The fourth-order valence-electron chi connectivity index (χ4n) is 4.35. The molecule has 0 radical (unpaired) electrons. The van der Waals surface area contributed by atoms with E-state index in [0.29, 0.717) is 12.2 Å². The van der Waals surface area contributed by atoms with Crippen molar-refractivity contribution in [2.45, 2.75) is 39.7 Å². The smallest absolute Gasteiger partial charge is 0.313 e. The van der Waals surface area contributed by atoms with Gasteiger partial charge in [0.1, 0.15) is 0 Å². The number of carbonyl (C=O) groups excluding carboxylic acids is 2. The number of nitrogens with zero attached hydrogens (tertiary/aromatic N) is 1. The molecule has 0 fully saturated rings. The van der Waals surface area contributed by atoms with Crippen LogP contribution in [0.15, 0.2) is 66.7 Å². The third-order valence-corrected chi connectivity index (χ3v) is 6.29. The quantitative estimate of drug-likeness (QED) is 0.436. The van der Waals surface area contributed by atoms with Crippen LogP contribution >= 0.6 is 0 Å². The average molecular weight is 442 g/mol. The van der Waals surface area contributed by atoms with Crippen LogP contribution in [0.2, 0.25) is 0 Å². The molecule has 0 bridgehead atoms. The second-order valence-corrected chi connectivity index (χ2v) is 8.69. The molecule has 0 saturated carbocycles. The molecular formula is C28H31N3O2. The molecule has 2 N–H and O–H groups in total. The number of carbonyl (C=O) groups is 2. The van der Waals surface area contributed by atoms with Gasteiger partial charge in [0.15, 0.2) is 0 Å². The molecule has 5 heteroatoms. The third kappa shape index (κ3) is 5.61. The highest BCUT2D eigenvalue weighted by molar-refractivity contribution is 6.39. The number of para-hydroxylation sites is 1. The van der Waals surface area contributed by atoms with Crippen molar-refractivity contribution in [3.8, 4) is 0 Å². The van der Waals surface area contributed by atoms with Crippen LogP contribution in [0.4, 0.5) is 11.4 Å². The molecule has 0 atom stereocenters. The maximum absolute atomic E-state index is 12.2. The summed E-state index contributed by atoms with van der Waals surface area (Å²) in [4.78, 5) is 26.8. The molecule has 1 aliphatic heterocycles. The van der Waals surface area contributed by atoms with Crippen molar-refractivity contribution >= 4 is 23.2 Å². The molecule has 0 aromatic heterocycles. The highest BCUT2D eigenvalue weighted by atomic mass is 16.2. The first kappa shape index (κ1) is 22.6. The van der Waals surface area contributed by atoms with Crippen LogP contribution in [0.25, 0.3) is 0 Å². The minimum absolute atomic E-state index is 0.462. The van der Waals surface area contributed by atoms with Crippen LogP contribution in [-0.4, -0.2) is 24.9 Å². The van der Waals surface area contributed by atoms with E-state index in [1.165, 1.54) is 22.4 Å². The van der Waals surface area contributed by atoms with E-state index < -0.39 is 11.8 Å². The molecule has 3 aromatic carbocycles. The Morgan fingerprint density at radius 2 is 1.55 bits per heavy atom. The van der Waals surface area contributed by atoms with Gasteiger partial charge < -0.3 is 15.5 Å². The average Bonchev–Trinajstić information content (AvgIpc) is 2.84. The standard InChI is InChI=1S/C28H31N3O2/c1-20-7-5-8-21(2)26(20)30-28(33)27(32)29-17-6-9-22-12-14-25(15-13-22)31-18-16-23-10-3-4-11-24(23)19-31/h3-5,7-8,10-15H,6,9,16-19H2,1-2H3,(H,29,32)(H,30,33). The summed E-state index contributed by atoms with van der Waals surface area (Å²) in [6.45, 7) is 6.27. The van der Waals surface area contributed by atoms with Crippen molar-refractivity contribution in [1.29, 1.82) is 0 Å². The Labute approximate surface area is 195 Å². The first-order chi connectivity index (χ1) is 16.0. The van der Waals surface area contributed by atoms with Gasteiger partial charge in [-0.05, 0) is 73.1 Å². The van der Waals surface area contributed by atoms with Crippen LogP contribution < -0.4 is 15.5 Å². The lowest BCUT2D eigenvalue weighted by molar-refractivity contribution is -0.136. The zero-order chi connectivity index (χ0) is 23.2. The molecule has 0 aliphatic carbocycles. The lowest BCUT2D eigenvalue weighted by atomic mass is 9.99. The van der Waals surface area contributed by atoms with Crippen molar-refractivity contribution < 1.29 is 9.59 Å². The lowest BCUT2D eigenvalue weighted by Gasteiger charge is -2.30. The van der Waals surface area contributed by atoms with Gasteiger partial charge in [0.05, 0.1) is 0 Å². The van der Waals surface area contributed by atoms with Crippen molar-refractivity contribution in [3.63, 3.8) is 0 Å². The SMILES string of the molecule is Cc1cccc(C)c1NC(=O)C(=O)NCCCc1ccc(N2CCc3ccccc3C2)cc1. The summed E-state index contributed by atoms with van der Waals surface area (Å²) in [5.74, 6) is -1.22. The molecule has 0 unspecified atom stereocenters. The molecule has 1 aliphatic rings. The van der Waals surface area contributed by atoms with E-state index in [0.717, 1.165) is 43.5 Å². The van der Waals surface area contributed by atoms with Gasteiger partial charge in [0.2, 0.25) is 0 Å². The number of benzene rings is 3. The van der Waals surface area contributed by atoms with Crippen molar-refractivity contribution in [3.05, 3.63) is 94.5 Å². The van der Waals surface area contributed by atoms with E-state index in [4.69, 9.17) is 0 Å². The number of rotatable bonds is 6. The highest BCUT2D eigenvalue weighted by Gasteiger charge is 2.17. The van der Waals surface area contributed by atoms with Gasteiger partial charge in [0, 0.05) is 31.0 Å². The van der Waals surface area contributed by atoms with Gasteiger partial charge in [-0.3, -0.25) is 9.59 Å². The van der Waals surface area contributed by atoms with Crippen LogP contribution in [0.3, 0.4) is 0 Å². The third-order valence-electron chi connectivity index (χ3n) is 6.29. The van der Waals surface area contributed by atoms with E-state index in [1.807, 2.05) is 32.0 Å². The van der Waals surface area contributed by atoms with Gasteiger partial charge in [-0.15, -0.1) is 0 Å². The minimum atomic E-state index is -0.625. The summed E-state index contributed by atoms with van der Waals surface area (Å²) in [5.41, 5.74) is 7.91. The fraction of sp³-hybridized carbons (Fsp3) is 0.286. The molecule has 0 spiro atoms. The van der Waals surface area contributed by atoms with E-state index in [2.05, 4.69) is 64.1 Å². The predicted octanol–water partition coefficient (Wildman–Crippen LogP) is 4.55. The summed E-state index contributed by atoms with van der Waals surface area (Å²) in [6, 6.07) is 23.1. The molecule has 0 saturated heterocycles. The Morgan fingerprint density at radius 3 is 2.27 bits per heavy atom. The molecule has 3 aromatic rings. The number of fused-ring (bicyclic) bond motifs is 1. The van der Waals surface area contributed by atoms with Gasteiger partial charge in [-0.25, -0.2) is 0 Å². The first-order valence-corrected chi connectivity index (χ1v) is 11.6. The Balaban J connectivity index is 1.22. The Hall–Kier alpha value is -3.60. The van der Waals surface area contributed by atoms with Crippen LogP contribution in [-0.2, 0) is 29.0 Å². The Bertz CT molecular complexity index is 1120. The summed E-state index contributed by atoms with van der Waals surface area (Å²) >= 11 is 0. The molecule has 5 nitrogen and oxygen atoms in total. The van der Waals surface area contributed by atoms with Crippen LogP contribution in [0, 0.1) is 13.8 Å². The number of anilines is 2. The van der Waals surface area contributed by atoms with Gasteiger partial charge in [-0.2, -0.15) is 0 Å². The molecule has 2 amide bonds. The fourth-order valence-corrected chi connectivity index (χ4v) is 4.35. The van der Waals surface area contributed by atoms with E-state index in [9.17, 15) is 9.59 Å². The van der Waals surface area contributed by atoms with Crippen molar-refractivity contribution in [2.24, 2.45) is 0 Å². The molecule has 170 valence electrons. The zero-order valence-electron chi connectivity index (χ0n) is 19.4. The second-order valence-electron chi connectivity index (χ2n) is 8.69. The topological polar surface area (TPSA) is 61.4 Å². The van der Waals surface area contributed by atoms with Gasteiger partial charge in [-0.1, -0.05) is 54.6 Å². The summed E-state index contributed by atoms with van der Waals surface area (Å²) in [5, 5.41) is 5.45. The summed E-state index contributed by atoms with van der Waals surface area (Å²) in [7, 11) is 0. The number of hydrogen-bond donors (Lipinski definition) is 2. The number of hydrogen-bond acceptors (Lipinski definition) is 3. The van der Waals surface area contributed by atoms with Crippen molar-refractivity contribution in [1.82, 2.24) is 5.32 Å². The predicted molar refractivity (Wildman–Crippen MR) is 134 cm³/mol. The summed E-state index contributed by atoms with van der Waals surface area (Å²) < 4.78 is 0. The monoisotopic (exact) mass is 441 g/mol. The molecule has 33 heavy (non-hydrogen) atoms. The largest absolute Gasteiger partial charge is 0.367 e. The van der Waals surface area contributed by atoms with Crippen molar-refractivity contribution in [2.75, 3.05) is 23.3 Å². The van der Waals surface area contributed by atoms with Gasteiger partial charge in [0.25, 0.3) is 0 Å². The highest BCUT2D eigenvalue weighted by Crippen LogP contribution is 2.25. The van der Waals surface area contributed by atoms with E-state index in [-0.39, 0.29) is 0 Å². The maximum atomic E-state index is 12.2. The van der Waals surface area contributed by atoms with Gasteiger partial charge >= 0.3 is 11.8 Å². The summed E-state index contributed by atoms with van der Waals surface area (Å²) in [6.07, 6.45) is 2.70. The number of nitrogens with one attached hydrogen (secondary N) is 2. The molecule has 1 heterocycles. The lowest BCUT2D eigenvalue weighted by Crippen LogP contribution is -2.36. The zero-order valence-corrected chi connectivity index (χ0v) is 19.4. The first-order valence-electron chi connectivity index (χ1n) is 11.6. The Kier molecular flexibility index (Phi) is 7.08. The van der Waals surface area contributed by atoms with E-state index >= 15 is 0 Å². The number of aryl methyl sites for hydroxylation is 3. The molecular weight excluding hydrogens is 410 g/mol. The second kappa shape index (κ2) is 10.3. The van der Waals surface area contributed by atoms with Crippen LogP contribution in [0.1, 0.15) is 34.2 Å². The normalized spacial score (nSPS) is 12.7. The molecule has 4 rings (SSSR count). The number of amides is 2. The minimum Gasteiger partial charge on any atom is -0.367 e. The maximum Gasteiger partial charge on any atom is 0.313 e. The van der Waals surface area contributed by atoms with E-state index in [1.54, 1.807) is 0 Å². The Morgan fingerprint density at radius 1 is 0.848 bits per heavy atom.